The number of halogens is 1. The van der Waals surface area contributed by atoms with Gasteiger partial charge in [0.25, 0.3) is 0 Å². The molecule has 0 saturated carbocycles. The van der Waals surface area contributed by atoms with Crippen LogP contribution < -0.4 is 14.8 Å². The number of nitrogens with zero attached hydrogens (tertiary/aromatic N) is 3. The van der Waals surface area contributed by atoms with Crippen molar-refractivity contribution in [2.75, 3.05) is 13.2 Å². The molecule has 0 saturated heterocycles. The summed E-state index contributed by atoms with van der Waals surface area (Å²) in [5.41, 5.74) is 1.22. The van der Waals surface area contributed by atoms with Crippen molar-refractivity contribution < 1.29 is 13.9 Å². The van der Waals surface area contributed by atoms with Crippen LogP contribution in [0.15, 0.2) is 55.1 Å². The lowest BCUT2D eigenvalue weighted by atomic mass is 10.2. The Morgan fingerprint density at radius 1 is 1.20 bits per heavy atom. The number of fused-ring (bicyclic) bond motifs is 1. The Morgan fingerprint density at radius 3 is 2.88 bits per heavy atom. The second-order valence-electron chi connectivity index (χ2n) is 5.75. The Labute approximate surface area is 144 Å². The highest BCUT2D eigenvalue weighted by Gasteiger charge is 2.20. The van der Waals surface area contributed by atoms with Crippen molar-refractivity contribution in [3.8, 4) is 17.2 Å². The maximum Gasteiger partial charge on any atom is 0.161 e. The fourth-order valence-corrected chi connectivity index (χ4v) is 2.72. The number of ether oxygens (including phenoxy) is 2. The maximum atomic E-state index is 14.2. The number of aromatic nitrogens is 3. The molecule has 1 N–H and O–H groups in total. The van der Waals surface area contributed by atoms with Gasteiger partial charge in [0, 0.05) is 13.1 Å². The number of hydrogen-bond donors (Lipinski definition) is 1. The Kier molecular flexibility index (Phi) is 4.30. The average Bonchev–Trinajstić information content (AvgIpc) is 3.16. The first-order valence-electron chi connectivity index (χ1n) is 8.02. The van der Waals surface area contributed by atoms with Gasteiger partial charge in [0.15, 0.2) is 11.5 Å². The molecule has 1 aromatic heterocycles. The molecule has 0 radical (unpaired) electrons. The summed E-state index contributed by atoms with van der Waals surface area (Å²) in [4.78, 5) is 3.83. The van der Waals surface area contributed by atoms with Gasteiger partial charge in [-0.25, -0.2) is 14.1 Å². The largest absolute Gasteiger partial charge is 0.486 e. The number of nitrogens with one attached hydrogen (secondary N) is 1. The van der Waals surface area contributed by atoms with E-state index in [1.54, 1.807) is 6.07 Å². The van der Waals surface area contributed by atoms with Gasteiger partial charge < -0.3 is 14.8 Å². The second kappa shape index (κ2) is 6.90. The van der Waals surface area contributed by atoms with Crippen molar-refractivity contribution in [3.63, 3.8) is 0 Å². The van der Waals surface area contributed by atoms with Gasteiger partial charge in [-0.05, 0) is 29.8 Å². The second-order valence-corrected chi connectivity index (χ2v) is 5.75. The Morgan fingerprint density at radius 2 is 2.08 bits per heavy atom. The molecular weight excluding hydrogens is 323 g/mol. The molecular formula is C18H17FN4O2. The van der Waals surface area contributed by atoms with Crippen molar-refractivity contribution >= 4 is 0 Å². The summed E-state index contributed by atoms with van der Waals surface area (Å²) in [6.45, 7) is 1.64. The van der Waals surface area contributed by atoms with Gasteiger partial charge in [0.1, 0.15) is 36.9 Å². The van der Waals surface area contributed by atoms with Gasteiger partial charge in [-0.3, -0.25) is 0 Å². The lowest BCUT2D eigenvalue weighted by Crippen LogP contribution is -2.38. The van der Waals surface area contributed by atoms with Crippen LogP contribution in [0.3, 0.4) is 0 Å². The minimum Gasteiger partial charge on any atom is -0.486 e. The van der Waals surface area contributed by atoms with Crippen LogP contribution in [0.4, 0.5) is 4.39 Å². The van der Waals surface area contributed by atoms with E-state index < -0.39 is 0 Å². The third kappa shape index (κ3) is 3.46. The van der Waals surface area contributed by atoms with Crippen LogP contribution in [0.2, 0.25) is 0 Å². The number of hydrogen-bond acceptors (Lipinski definition) is 5. The highest BCUT2D eigenvalue weighted by molar-refractivity contribution is 5.40. The summed E-state index contributed by atoms with van der Waals surface area (Å²) in [6.07, 6.45) is 2.77. The molecule has 1 atom stereocenters. The highest BCUT2D eigenvalue weighted by atomic mass is 19.1. The molecule has 2 aromatic carbocycles. The number of benzene rings is 2. The van der Waals surface area contributed by atoms with Gasteiger partial charge >= 0.3 is 0 Å². The molecule has 4 rings (SSSR count). The van der Waals surface area contributed by atoms with Crippen molar-refractivity contribution in [2.45, 2.75) is 12.6 Å². The molecule has 1 aliphatic heterocycles. The first kappa shape index (κ1) is 15.6. The molecule has 25 heavy (non-hydrogen) atoms. The molecule has 0 spiro atoms. The monoisotopic (exact) mass is 340 g/mol. The number of rotatable bonds is 5. The van der Waals surface area contributed by atoms with E-state index in [-0.39, 0.29) is 11.9 Å². The lowest BCUT2D eigenvalue weighted by Gasteiger charge is -2.26. The first-order chi connectivity index (χ1) is 12.3. The predicted octanol–water partition coefficient (Wildman–Crippen LogP) is 2.34. The molecule has 7 heteroatoms. The van der Waals surface area contributed by atoms with Crippen LogP contribution in [0, 0.1) is 5.82 Å². The predicted molar refractivity (Wildman–Crippen MR) is 89.4 cm³/mol. The lowest BCUT2D eigenvalue weighted by molar-refractivity contribution is 0.0902. The minimum absolute atomic E-state index is 0.0748. The number of para-hydroxylation sites is 2. The van der Waals surface area contributed by atoms with E-state index in [2.05, 4.69) is 15.4 Å². The fourth-order valence-electron chi connectivity index (χ4n) is 2.72. The van der Waals surface area contributed by atoms with E-state index in [0.29, 0.717) is 25.4 Å². The van der Waals surface area contributed by atoms with Crippen LogP contribution >= 0.6 is 0 Å². The Hall–Kier alpha value is -2.93. The van der Waals surface area contributed by atoms with Gasteiger partial charge in [-0.2, -0.15) is 5.10 Å². The summed E-state index contributed by atoms with van der Waals surface area (Å²) in [7, 11) is 0. The van der Waals surface area contributed by atoms with E-state index in [1.807, 2.05) is 30.3 Å². The fraction of sp³-hybridized carbons (Fsp3) is 0.222. The topological polar surface area (TPSA) is 61.2 Å². The third-order valence-electron chi connectivity index (χ3n) is 3.95. The zero-order valence-electron chi connectivity index (χ0n) is 13.4. The van der Waals surface area contributed by atoms with Crippen LogP contribution in [0.1, 0.15) is 5.56 Å². The SMILES string of the molecule is Fc1cc(CNC[C@H]2COc3ccccc3O2)ccc1-n1cncn1. The van der Waals surface area contributed by atoms with Crippen molar-refractivity contribution in [3.05, 3.63) is 66.5 Å². The quantitative estimate of drug-likeness (QED) is 0.772. The van der Waals surface area contributed by atoms with Crippen LogP contribution in [0.25, 0.3) is 5.69 Å². The van der Waals surface area contributed by atoms with Crippen molar-refractivity contribution in [1.29, 1.82) is 0 Å². The Balaban J connectivity index is 1.33. The molecule has 3 aromatic rings. The highest BCUT2D eigenvalue weighted by Crippen LogP contribution is 2.30. The van der Waals surface area contributed by atoms with Gasteiger partial charge in [-0.1, -0.05) is 18.2 Å². The first-order valence-corrected chi connectivity index (χ1v) is 8.02. The van der Waals surface area contributed by atoms with E-state index in [9.17, 15) is 4.39 Å². The summed E-state index contributed by atoms with van der Waals surface area (Å²) in [6, 6.07) is 12.7. The van der Waals surface area contributed by atoms with E-state index in [1.165, 1.54) is 23.4 Å². The van der Waals surface area contributed by atoms with Gasteiger partial charge in [0.05, 0.1) is 0 Å². The molecule has 0 amide bonds. The van der Waals surface area contributed by atoms with Crippen LogP contribution in [0.5, 0.6) is 11.5 Å². The molecule has 6 nitrogen and oxygen atoms in total. The van der Waals surface area contributed by atoms with Crippen molar-refractivity contribution in [1.82, 2.24) is 20.1 Å². The smallest absolute Gasteiger partial charge is 0.161 e. The van der Waals surface area contributed by atoms with E-state index >= 15 is 0 Å². The standard InChI is InChI=1S/C18H17FN4O2/c19-15-7-13(5-6-16(15)23-12-21-11-22-23)8-20-9-14-10-24-17-3-1-2-4-18(17)25-14/h1-7,11-12,14,20H,8-10H2/t14-/m0/s1. The maximum absolute atomic E-state index is 14.2. The third-order valence-corrected chi connectivity index (χ3v) is 3.95. The van der Waals surface area contributed by atoms with E-state index in [4.69, 9.17) is 9.47 Å². The molecule has 128 valence electrons. The minimum atomic E-state index is -0.337. The molecule has 2 heterocycles. The van der Waals surface area contributed by atoms with Crippen molar-refractivity contribution in [2.24, 2.45) is 0 Å². The summed E-state index contributed by atoms with van der Waals surface area (Å²) >= 11 is 0. The van der Waals surface area contributed by atoms with E-state index in [0.717, 1.165) is 17.1 Å². The zero-order valence-corrected chi connectivity index (χ0v) is 13.4. The van der Waals surface area contributed by atoms with Crippen LogP contribution in [-0.2, 0) is 6.54 Å². The zero-order chi connectivity index (χ0) is 17.1. The molecule has 0 fully saturated rings. The normalized spacial score (nSPS) is 16.0. The van der Waals surface area contributed by atoms with Crippen LogP contribution in [-0.4, -0.2) is 34.0 Å². The average molecular weight is 340 g/mol. The molecule has 0 bridgehead atoms. The summed E-state index contributed by atoms with van der Waals surface area (Å²) in [5.74, 6) is 1.18. The van der Waals surface area contributed by atoms with Gasteiger partial charge in [-0.15, -0.1) is 0 Å². The molecule has 0 unspecified atom stereocenters. The Bertz CT molecular complexity index is 854. The summed E-state index contributed by atoms with van der Waals surface area (Å²) in [5, 5.41) is 7.22. The molecule has 0 aliphatic carbocycles. The van der Waals surface area contributed by atoms with Gasteiger partial charge in [0.2, 0.25) is 0 Å². The molecule has 1 aliphatic rings. The summed E-state index contributed by atoms with van der Waals surface area (Å²) < 4.78 is 27.2.